The molecule has 0 spiro atoms. The van der Waals surface area contributed by atoms with Gasteiger partial charge in [-0.3, -0.25) is 0 Å². The first kappa shape index (κ1) is 13.5. The van der Waals surface area contributed by atoms with Crippen LogP contribution >= 0.6 is 11.6 Å². The highest BCUT2D eigenvalue weighted by atomic mass is 35.5. The molecule has 3 heteroatoms. The van der Waals surface area contributed by atoms with Gasteiger partial charge >= 0.3 is 0 Å². The van der Waals surface area contributed by atoms with Crippen molar-refractivity contribution in [3.05, 3.63) is 34.9 Å². The predicted octanol–water partition coefficient (Wildman–Crippen LogP) is 2.49. The third-order valence-electron chi connectivity index (χ3n) is 2.29. The summed E-state index contributed by atoms with van der Waals surface area (Å²) in [5, 5.41) is 13.8. The van der Waals surface area contributed by atoms with Crippen LogP contribution in [0.1, 0.15) is 19.4 Å². The van der Waals surface area contributed by atoms with Crippen LogP contribution < -0.4 is 5.32 Å². The summed E-state index contributed by atoms with van der Waals surface area (Å²) in [6.45, 7) is 5.87. The molecule has 0 radical (unpaired) electrons. The highest BCUT2D eigenvalue weighted by Crippen LogP contribution is 2.12. The van der Waals surface area contributed by atoms with Crippen molar-refractivity contribution in [3.63, 3.8) is 0 Å². The highest BCUT2D eigenvalue weighted by molar-refractivity contribution is 6.30. The summed E-state index contributed by atoms with van der Waals surface area (Å²) in [6.07, 6.45) is 0.295. The molecule has 0 fully saturated rings. The van der Waals surface area contributed by atoms with Gasteiger partial charge in [-0.1, -0.05) is 37.6 Å². The van der Waals surface area contributed by atoms with Crippen molar-refractivity contribution in [1.82, 2.24) is 5.32 Å². The van der Waals surface area contributed by atoms with E-state index in [9.17, 15) is 5.11 Å². The fraction of sp³-hybridized carbons (Fsp3) is 0.538. The maximum Gasteiger partial charge on any atom is 0.0704 e. The van der Waals surface area contributed by atoms with E-state index in [0.717, 1.165) is 17.1 Å². The number of hydrogen-bond donors (Lipinski definition) is 2. The van der Waals surface area contributed by atoms with Crippen molar-refractivity contribution in [2.75, 3.05) is 13.1 Å². The van der Waals surface area contributed by atoms with E-state index in [2.05, 4.69) is 19.2 Å². The fourth-order valence-electron chi connectivity index (χ4n) is 1.55. The van der Waals surface area contributed by atoms with Crippen LogP contribution in [-0.2, 0) is 6.42 Å². The predicted molar refractivity (Wildman–Crippen MR) is 68.9 cm³/mol. The molecule has 0 bridgehead atoms. The Morgan fingerprint density at radius 1 is 1.31 bits per heavy atom. The summed E-state index contributed by atoms with van der Waals surface area (Å²) in [5.41, 5.74) is 1.08. The van der Waals surface area contributed by atoms with Crippen molar-refractivity contribution in [2.45, 2.75) is 26.4 Å². The van der Waals surface area contributed by atoms with Crippen molar-refractivity contribution < 1.29 is 5.11 Å². The van der Waals surface area contributed by atoms with Crippen molar-refractivity contribution in [1.29, 1.82) is 0 Å². The average molecular weight is 242 g/mol. The van der Waals surface area contributed by atoms with Gasteiger partial charge in [0.1, 0.15) is 0 Å². The SMILES string of the molecule is CC(C)CNCC(O)Cc1cccc(Cl)c1. The molecule has 1 rings (SSSR count). The zero-order chi connectivity index (χ0) is 12.0. The Morgan fingerprint density at radius 3 is 2.69 bits per heavy atom. The van der Waals surface area contributed by atoms with Gasteiger partial charge in [-0.05, 0) is 36.6 Å². The van der Waals surface area contributed by atoms with E-state index >= 15 is 0 Å². The van der Waals surface area contributed by atoms with Gasteiger partial charge < -0.3 is 10.4 Å². The minimum atomic E-state index is -0.350. The molecule has 0 aliphatic heterocycles. The van der Waals surface area contributed by atoms with Crippen LogP contribution in [0, 0.1) is 5.92 Å². The quantitative estimate of drug-likeness (QED) is 0.802. The molecule has 0 aliphatic carbocycles. The third kappa shape index (κ3) is 5.50. The first-order chi connectivity index (χ1) is 7.58. The number of aliphatic hydroxyl groups excluding tert-OH is 1. The van der Waals surface area contributed by atoms with E-state index in [0.29, 0.717) is 18.9 Å². The van der Waals surface area contributed by atoms with E-state index in [1.807, 2.05) is 24.3 Å². The topological polar surface area (TPSA) is 32.3 Å². The standard InChI is InChI=1S/C13H20ClNO/c1-10(2)8-15-9-13(16)7-11-4-3-5-12(14)6-11/h3-6,10,13,15-16H,7-9H2,1-2H3. The molecule has 2 nitrogen and oxygen atoms in total. The van der Waals surface area contributed by atoms with Gasteiger partial charge in [0.15, 0.2) is 0 Å². The van der Waals surface area contributed by atoms with Gasteiger partial charge in [0.2, 0.25) is 0 Å². The van der Waals surface area contributed by atoms with E-state index in [4.69, 9.17) is 11.6 Å². The molecule has 0 amide bonds. The van der Waals surface area contributed by atoms with E-state index in [1.165, 1.54) is 0 Å². The lowest BCUT2D eigenvalue weighted by Crippen LogP contribution is -2.30. The molecule has 1 aromatic carbocycles. The second-order valence-corrected chi connectivity index (χ2v) is 4.98. The maximum atomic E-state index is 9.80. The molecule has 0 aromatic heterocycles. The van der Waals surface area contributed by atoms with E-state index in [1.54, 1.807) is 0 Å². The minimum absolute atomic E-state index is 0.350. The Bertz CT molecular complexity index is 315. The molecule has 0 heterocycles. The summed E-state index contributed by atoms with van der Waals surface area (Å²) in [4.78, 5) is 0. The Balaban J connectivity index is 2.31. The Morgan fingerprint density at radius 2 is 2.06 bits per heavy atom. The summed E-state index contributed by atoms with van der Waals surface area (Å²) >= 11 is 5.88. The first-order valence-corrected chi connectivity index (χ1v) is 6.09. The Labute approximate surface area is 103 Å². The van der Waals surface area contributed by atoms with E-state index in [-0.39, 0.29) is 6.10 Å². The Hall–Kier alpha value is -0.570. The van der Waals surface area contributed by atoms with Crippen LogP contribution in [0.25, 0.3) is 0 Å². The van der Waals surface area contributed by atoms with Gasteiger partial charge in [0.25, 0.3) is 0 Å². The largest absolute Gasteiger partial charge is 0.391 e. The van der Waals surface area contributed by atoms with Crippen LogP contribution in [0.5, 0.6) is 0 Å². The monoisotopic (exact) mass is 241 g/mol. The van der Waals surface area contributed by atoms with Crippen LogP contribution in [0.4, 0.5) is 0 Å². The van der Waals surface area contributed by atoms with Crippen LogP contribution in [-0.4, -0.2) is 24.3 Å². The summed E-state index contributed by atoms with van der Waals surface area (Å²) in [5.74, 6) is 0.610. The fourth-order valence-corrected chi connectivity index (χ4v) is 1.76. The number of rotatable bonds is 6. The van der Waals surface area contributed by atoms with Gasteiger partial charge in [-0.15, -0.1) is 0 Å². The first-order valence-electron chi connectivity index (χ1n) is 5.71. The normalized spacial score (nSPS) is 13.1. The maximum absolute atomic E-state index is 9.80. The second kappa shape index (κ2) is 6.89. The lowest BCUT2D eigenvalue weighted by molar-refractivity contribution is 0.170. The molecular weight excluding hydrogens is 222 g/mol. The zero-order valence-electron chi connectivity index (χ0n) is 9.91. The molecule has 0 saturated heterocycles. The summed E-state index contributed by atoms with van der Waals surface area (Å²) in [6, 6.07) is 7.63. The van der Waals surface area contributed by atoms with Gasteiger partial charge in [-0.2, -0.15) is 0 Å². The summed E-state index contributed by atoms with van der Waals surface area (Å²) in [7, 11) is 0. The molecule has 1 aromatic rings. The molecule has 1 atom stereocenters. The highest BCUT2D eigenvalue weighted by Gasteiger charge is 2.05. The molecule has 16 heavy (non-hydrogen) atoms. The number of halogens is 1. The number of nitrogens with one attached hydrogen (secondary N) is 1. The summed E-state index contributed by atoms with van der Waals surface area (Å²) < 4.78 is 0. The van der Waals surface area contributed by atoms with Crippen LogP contribution in [0.2, 0.25) is 5.02 Å². The van der Waals surface area contributed by atoms with Gasteiger partial charge in [0.05, 0.1) is 6.10 Å². The molecule has 1 unspecified atom stereocenters. The number of benzene rings is 1. The number of hydrogen-bond acceptors (Lipinski definition) is 2. The Kier molecular flexibility index (Phi) is 5.81. The van der Waals surface area contributed by atoms with Crippen LogP contribution in [0.3, 0.4) is 0 Å². The van der Waals surface area contributed by atoms with Crippen molar-refractivity contribution >= 4 is 11.6 Å². The van der Waals surface area contributed by atoms with E-state index < -0.39 is 0 Å². The molecule has 90 valence electrons. The molecule has 0 aliphatic rings. The van der Waals surface area contributed by atoms with Crippen LogP contribution in [0.15, 0.2) is 24.3 Å². The third-order valence-corrected chi connectivity index (χ3v) is 2.53. The zero-order valence-corrected chi connectivity index (χ0v) is 10.7. The average Bonchev–Trinajstić information content (AvgIpc) is 2.16. The van der Waals surface area contributed by atoms with Crippen molar-refractivity contribution in [3.8, 4) is 0 Å². The van der Waals surface area contributed by atoms with Gasteiger partial charge in [-0.25, -0.2) is 0 Å². The smallest absolute Gasteiger partial charge is 0.0704 e. The lowest BCUT2D eigenvalue weighted by atomic mass is 10.1. The molecular formula is C13H20ClNO. The van der Waals surface area contributed by atoms with Crippen molar-refractivity contribution in [2.24, 2.45) is 5.92 Å². The van der Waals surface area contributed by atoms with Gasteiger partial charge in [0, 0.05) is 11.6 Å². The minimum Gasteiger partial charge on any atom is -0.391 e. The molecule has 0 saturated carbocycles. The second-order valence-electron chi connectivity index (χ2n) is 4.54. The number of aliphatic hydroxyl groups is 1. The lowest BCUT2D eigenvalue weighted by Gasteiger charge is -2.13. The molecule has 2 N–H and O–H groups in total.